The van der Waals surface area contributed by atoms with Crippen LogP contribution >= 0.6 is 0 Å². The summed E-state index contributed by atoms with van der Waals surface area (Å²) in [5, 5.41) is 2.93. The number of carbonyl (C=O) groups is 1. The molecular weight excluding hydrogens is 180 g/mol. The first-order chi connectivity index (χ1) is 6.51. The van der Waals surface area contributed by atoms with Crippen LogP contribution in [-0.4, -0.2) is 31.2 Å². The monoisotopic (exact) mass is 200 g/mol. The highest BCUT2D eigenvalue weighted by atomic mass is 16.5. The van der Waals surface area contributed by atoms with Crippen molar-refractivity contribution in [3.8, 4) is 0 Å². The van der Waals surface area contributed by atoms with Gasteiger partial charge in [-0.05, 0) is 32.6 Å². The second-order valence-electron chi connectivity index (χ2n) is 4.37. The van der Waals surface area contributed by atoms with E-state index in [-0.39, 0.29) is 11.9 Å². The molecule has 1 unspecified atom stereocenters. The molecule has 1 saturated carbocycles. The summed E-state index contributed by atoms with van der Waals surface area (Å²) in [7, 11) is 1.54. The number of carbonyl (C=O) groups excluding carboxylic acids is 1. The molecule has 0 aromatic carbocycles. The number of amides is 1. The maximum atomic E-state index is 11.7. The normalized spacial score (nSPS) is 19.1. The van der Waals surface area contributed by atoms with Crippen LogP contribution in [0.4, 0.5) is 0 Å². The Kier molecular flexibility index (Phi) is 3.50. The minimum absolute atomic E-state index is 0.0812. The predicted molar refractivity (Wildman–Crippen MR) is 54.8 cm³/mol. The lowest BCUT2D eigenvalue weighted by atomic mass is 10.1. The largest absolute Gasteiger partial charge is 0.369 e. The van der Waals surface area contributed by atoms with Crippen LogP contribution in [0.1, 0.15) is 26.7 Å². The summed E-state index contributed by atoms with van der Waals surface area (Å²) < 4.78 is 5.09. The number of hydrogen-bond acceptors (Lipinski definition) is 3. The lowest BCUT2D eigenvalue weighted by Crippen LogP contribution is -2.50. The third-order valence-corrected chi connectivity index (χ3v) is 2.82. The summed E-state index contributed by atoms with van der Waals surface area (Å²) >= 11 is 0. The van der Waals surface area contributed by atoms with Crippen molar-refractivity contribution in [1.82, 2.24) is 5.32 Å². The van der Waals surface area contributed by atoms with Gasteiger partial charge in [0.1, 0.15) is 5.60 Å². The Balaban J connectivity index is 2.45. The quantitative estimate of drug-likeness (QED) is 0.669. The molecule has 14 heavy (non-hydrogen) atoms. The van der Waals surface area contributed by atoms with Gasteiger partial charge in [0.25, 0.3) is 5.91 Å². The molecule has 3 N–H and O–H groups in total. The molecule has 1 fully saturated rings. The first-order valence-corrected chi connectivity index (χ1v) is 5.07. The molecule has 0 aromatic rings. The van der Waals surface area contributed by atoms with Crippen molar-refractivity contribution >= 4 is 5.91 Å². The van der Waals surface area contributed by atoms with Gasteiger partial charge in [0.2, 0.25) is 0 Å². The molecule has 0 heterocycles. The molecule has 0 radical (unpaired) electrons. The number of ether oxygens (including phenoxy) is 1. The van der Waals surface area contributed by atoms with Crippen LogP contribution in [-0.2, 0) is 9.53 Å². The average molecular weight is 200 g/mol. The molecule has 0 aromatic heterocycles. The van der Waals surface area contributed by atoms with Crippen LogP contribution in [0.25, 0.3) is 0 Å². The van der Waals surface area contributed by atoms with Gasteiger partial charge in [-0.25, -0.2) is 0 Å². The summed E-state index contributed by atoms with van der Waals surface area (Å²) in [6, 6.07) is 0.122. The smallest absolute Gasteiger partial charge is 0.251 e. The van der Waals surface area contributed by atoms with Crippen LogP contribution in [0.2, 0.25) is 0 Å². The van der Waals surface area contributed by atoms with Crippen molar-refractivity contribution in [2.24, 2.45) is 11.7 Å². The minimum Gasteiger partial charge on any atom is -0.369 e. The minimum atomic E-state index is -0.762. The molecule has 82 valence electrons. The molecule has 4 nitrogen and oxygen atoms in total. The molecule has 1 amide bonds. The number of hydrogen-bond donors (Lipinski definition) is 2. The Labute approximate surface area is 85.2 Å². The molecule has 1 rings (SSSR count). The highest BCUT2D eigenvalue weighted by Crippen LogP contribution is 2.32. The molecule has 0 aliphatic heterocycles. The SMILES string of the molecule is COC(C)(C)C(=O)NC(CN)C1CC1. The number of nitrogens with one attached hydrogen (secondary N) is 1. The van der Waals surface area contributed by atoms with E-state index in [2.05, 4.69) is 5.32 Å². The maximum Gasteiger partial charge on any atom is 0.251 e. The van der Waals surface area contributed by atoms with Crippen LogP contribution in [0.5, 0.6) is 0 Å². The van der Waals surface area contributed by atoms with Crippen LogP contribution in [0, 0.1) is 5.92 Å². The third-order valence-electron chi connectivity index (χ3n) is 2.82. The Bertz CT molecular complexity index is 212. The maximum absolute atomic E-state index is 11.7. The van der Waals surface area contributed by atoms with Gasteiger partial charge in [-0.15, -0.1) is 0 Å². The van der Waals surface area contributed by atoms with Crippen LogP contribution in [0.3, 0.4) is 0 Å². The standard InChI is InChI=1S/C10H20N2O2/c1-10(2,14-3)9(13)12-8(6-11)7-4-5-7/h7-8H,4-6,11H2,1-3H3,(H,12,13). The number of nitrogens with two attached hydrogens (primary N) is 1. The van der Waals surface area contributed by atoms with Gasteiger partial charge in [0, 0.05) is 19.7 Å². The Hall–Kier alpha value is -0.610. The van der Waals surface area contributed by atoms with Crippen molar-refractivity contribution in [1.29, 1.82) is 0 Å². The summed E-state index contributed by atoms with van der Waals surface area (Å²) in [6.07, 6.45) is 2.35. The van der Waals surface area contributed by atoms with Gasteiger partial charge in [0.05, 0.1) is 0 Å². The van der Waals surface area contributed by atoms with Gasteiger partial charge in [-0.3, -0.25) is 4.79 Å². The van der Waals surface area contributed by atoms with Gasteiger partial charge < -0.3 is 15.8 Å². The summed E-state index contributed by atoms with van der Waals surface area (Å²) in [5.41, 5.74) is 4.83. The van der Waals surface area contributed by atoms with Crippen LogP contribution < -0.4 is 11.1 Å². The van der Waals surface area contributed by atoms with Crippen molar-refractivity contribution in [3.05, 3.63) is 0 Å². The predicted octanol–water partition coefficient (Wildman–Crippen LogP) is 0.265. The second-order valence-corrected chi connectivity index (χ2v) is 4.37. The van der Waals surface area contributed by atoms with E-state index in [1.54, 1.807) is 13.8 Å². The van der Waals surface area contributed by atoms with E-state index < -0.39 is 5.60 Å². The Morgan fingerprint density at radius 3 is 2.57 bits per heavy atom. The van der Waals surface area contributed by atoms with E-state index >= 15 is 0 Å². The molecule has 4 heteroatoms. The molecule has 0 spiro atoms. The number of methoxy groups -OCH3 is 1. The highest BCUT2D eigenvalue weighted by molar-refractivity contribution is 5.84. The van der Waals surface area contributed by atoms with E-state index in [4.69, 9.17) is 10.5 Å². The Morgan fingerprint density at radius 2 is 2.21 bits per heavy atom. The first-order valence-electron chi connectivity index (χ1n) is 5.07. The molecular formula is C10H20N2O2. The fraction of sp³-hybridized carbons (Fsp3) is 0.900. The first kappa shape index (κ1) is 11.5. The molecule has 0 saturated heterocycles. The fourth-order valence-corrected chi connectivity index (χ4v) is 1.30. The van der Waals surface area contributed by atoms with Crippen molar-refractivity contribution in [3.63, 3.8) is 0 Å². The zero-order valence-corrected chi connectivity index (χ0v) is 9.17. The zero-order chi connectivity index (χ0) is 10.8. The summed E-state index contributed by atoms with van der Waals surface area (Å²) in [5.74, 6) is 0.499. The average Bonchev–Trinajstić information content (AvgIpc) is 2.97. The van der Waals surface area contributed by atoms with Crippen molar-refractivity contribution in [2.45, 2.75) is 38.3 Å². The second kappa shape index (κ2) is 4.28. The van der Waals surface area contributed by atoms with Crippen molar-refractivity contribution in [2.75, 3.05) is 13.7 Å². The molecule has 1 aliphatic rings. The summed E-state index contributed by atoms with van der Waals surface area (Å²) in [4.78, 5) is 11.7. The van der Waals surface area contributed by atoms with E-state index in [1.165, 1.54) is 20.0 Å². The van der Waals surface area contributed by atoms with Gasteiger partial charge >= 0.3 is 0 Å². The molecule has 0 bridgehead atoms. The van der Waals surface area contributed by atoms with E-state index in [9.17, 15) is 4.79 Å². The third kappa shape index (κ3) is 2.69. The lowest BCUT2D eigenvalue weighted by Gasteiger charge is -2.25. The lowest BCUT2D eigenvalue weighted by molar-refractivity contribution is -0.140. The van der Waals surface area contributed by atoms with Crippen LogP contribution in [0.15, 0.2) is 0 Å². The topological polar surface area (TPSA) is 64.3 Å². The van der Waals surface area contributed by atoms with E-state index in [1.807, 2.05) is 0 Å². The Morgan fingerprint density at radius 1 is 1.64 bits per heavy atom. The van der Waals surface area contributed by atoms with E-state index in [0.717, 1.165) is 0 Å². The van der Waals surface area contributed by atoms with E-state index in [0.29, 0.717) is 12.5 Å². The molecule has 1 atom stereocenters. The van der Waals surface area contributed by atoms with Gasteiger partial charge in [-0.2, -0.15) is 0 Å². The van der Waals surface area contributed by atoms with Gasteiger partial charge in [0.15, 0.2) is 0 Å². The van der Waals surface area contributed by atoms with Gasteiger partial charge in [-0.1, -0.05) is 0 Å². The van der Waals surface area contributed by atoms with Crippen molar-refractivity contribution < 1.29 is 9.53 Å². The summed E-state index contributed by atoms with van der Waals surface area (Å²) in [6.45, 7) is 4.02. The molecule has 1 aliphatic carbocycles. The zero-order valence-electron chi connectivity index (χ0n) is 9.17. The fourth-order valence-electron chi connectivity index (χ4n) is 1.30. The number of rotatable bonds is 5. The highest BCUT2D eigenvalue weighted by Gasteiger charge is 2.35.